The molecule has 2 rings (SSSR count). The molecule has 0 atom stereocenters. The molecule has 7 nitrogen and oxygen atoms in total. The Balaban J connectivity index is 2.30. The van der Waals surface area contributed by atoms with E-state index < -0.39 is 0 Å². The van der Waals surface area contributed by atoms with Crippen molar-refractivity contribution in [1.29, 1.82) is 5.41 Å². The summed E-state index contributed by atoms with van der Waals surface area (Å²) in [4.78, 5) is 0. The van der Waals surface area contributed by atoms with Gasteiger partial charge in [-0.15, -0.1) is 0 Å². The number of nitrogens with one attached hydrogen (secondary N) is 1. The van der Waals surface area contributed by atoms with Crippen LogP contribution in [0.3, 0.4) is 0 Å². The molecule has 8 heteroatoms. The third-order valence-electron chi connectivity index (χ3n) is 3.38. The molecule has 118 valence electrons. The Labute approximate surface area is 137 Å². The third-order valence-corrected chi connectivity index (χ3v) is 4.26. The number of rotatable bonds is 5. The number of allylic oxidation sites excluding steroid dienone is 2. The summed E-state index contributed by atoms with van der Waals surface area (Å²) in [6, 6.07) is 0. The zero-order valence-corrected chi connectivity index (χ0v) is 14.3. The molecule has 0 saturated heterocycles. The first-order chi connectivity index (χ1) is 10.5. The van der Waals surface area contributed by atoms with Crippen molar-refractivity contribution in [2.24, 2.45) is 18.5 Å². The molecule has 0 spiro atoms. The van der Waals surface area contributed by atoms with Crippen LogP contribution in [0.5, 0.6) is 0 Å². The summed E-state index contributed by atoms with van der Waals surface area (Å²) in [5.74, 6) is 0.210. The molecule has 0 bridgehead atoms. The molecule has 0 radical (unpaired) electrons. The van der Waals surface area contributed by atoms with E-state index in [1.165, 1.54) is 0 Å². The van der Waals surface area contributed by atoms with Gasteiger partial charge < -0.3 is 11.5 Å². The smallest absolute Gasteiger partial charge is 0.162 e. The lowest BCUT2D eigenvalue weighted by molar-refractivity contribution is 0.768. The summed E-state index contributed by atoms with van der Waals surface area (Å²) < 4.78 is 3.84. The summed E-state index contributed by atoms with van der Waals surface area (Å²) in [6.45, 7) is 2.49. The summed E-state index contributed by atoms with van der Waals surface area (Å²) >= 11 is 3.39. The van der Waals surface area contributed by atoms with E-state index >= 15 is 0 Å². The van der Waals surface area contributed by atoms with Gasteiger partial charge in [0.05, 0.1) is 22.6 Å². The Morgan fingerprint density at radius 2 is 2.09 bits per heavy atom. The van der Waals surface area contributed by atoms with Gasteiger partial charge in [-0.1, -0.05) is 0 Å². The zero-order chi connectivity index (χ0) is 16.3. The molecule has 0 unspecified atom stereocenters. The van der Waals surface area contributed by atoms with Gasteiger partial charge in [0, 0.05) is 30.1 Å². The molecule has 5 N–H and O–H groups in total. The van der Waals surface area contributed by atoms with Crippen LogP contribution in [0, 0.1) is 12.3 Å². The van der Waals surface area contributed by atoms with Gasteiger partial charge in [0.25, 0.3) is 0 Å². The largest absolute Gasteiger partial charge is 0.401 e. The minimum atomic E-state index is 0.210. The van der Waals surface area contributed by atoms with E-state index in [2.05, 4.69) is 26.1 Å². The lowest BCUT2D eigenvalue weighted by Gasteiger charge is -2.09. The Hall–Kier alpha value is -1.93. The van der Waals surface area contributed by atoms with Crippen LogP contribution in [0.25, 0.3) is 11.1 Å². The molecule has 0 aliphatic rings. The van der Waals surface area contributed by atoms with Crippen molar-refractivity contribution in [3.05, 3.63) is 34.5 Å². The monoisotopic (exact) mass is 365 g/mol. The molecular formula is C14H20BrN7. The Bertz CT molecular complexity index is 711. The molecule has 0 fully saturated rings. The SMILES string of the molecule is Cc1c(-c2cnn(C)c2)cnn1C(=N)C(Br)=C(N)CCCN. The molecule has 22 heavy (non-hydrogen) atoms. The van der Waals surface area contributed by atoms with Gasteiger partial charge in [-0.3, -0.25) is 10.1 Å². The fourth-order valence-corrected chi connectivity index (χ4v) is 2.49. The molecule has 0 amide bonds. The van der Waals surface area contributed by atoms with Crippen LogP contribution in [0.1, 0.15) is 18.5 Å². The fourth-order valence-electron chi connectivity index (χ4n) is 2.13. The highest BCUT2D eigenvalue weighted by Gasteiger charge is 2.16. The lowest BCUT2D eigenvalue weighted by atomic mass is 10.1. The Kier molecular flexibility index (Phi) is 5.15. The van der Waals surface area contributed by atoms with Crippen LogP contribution in [-0.2, 0) is 7.05 Å². The minimum Gasteiger partial charge on any atom is -0.401 e. The number of hydrogen-bond donors (Lipinski definition) is 3. The van der Waals surface area contributed by atoms with Gasteiger partial charge in [-0.05, 0) is 42.2 Å². The first-order valence-corrected chi connectivity index (χ1v) is 7.72. The third kappa shape index (κ3) is 3.28. The standard InChI is InChI=1S/C14H20BrN7/c1-9-11(10-6-19-21(2)8-10)7-20-22(9)14(18)13(15)12(17)4-3-5-16/h6-8,18H,3-5,16-17H2,1-2H3. The maximum Gasteiger partial charge on any atom is 0.162 e. The summed E-state index contributed by atoms with van der Waals surface area (Å²) in [7, 11) is 1.86. The summed E-state index contributed by atoms with van der Waals surface area (Å²) in [5, 5.41) is 16.7. The second-order valence-electron chi connectivity index (χ2n) is 5.04. The maximum absolute atomic E-state index is 8.29. The number of nitrogens with zero attached hydrogens (tertiary/aromatic N) is 4. The Morgan fingerprint density at radius 1 is 1.36 bits per heavy atom. The number of nitrogens with two attached hydrogens (primary N) is 2. The summed E-state index contributed by atoms with van der Waals surface area (Å²) in [6.07, 6.45) is 6.86. The van der Waals surface area contributed by atoms with E-state index in [4.69, 9.17) is 16.9 Å². The first kappa shape index (κ1) is 16.4. The maximum atomic E-state index is 8.29. The van der Waals surface area contributed by atoms with Crippen LogP contribution in [0.15, 0.2) is 28.8 Å². The quantitative estimate of drug-likeness (QED) is 0.553. The predicted octanol–water partition coefficient (Wildman–Crippen LogP) is 1.72. The van der Waals surface area contributed by atoms with Crippen molar-refractivity contribution in [3.8, 4) is 11.1 Å². The molecular weight excluding hydrogens is 346 g/mol. The van der Waals surface area contributed by atoms with Gasteiger partial charge >= 0.3 is 0 Å². The second-order valence-corrected chi connectivity index (χ2v) is 5.83. The topological polar surface area (TPSA) is 112 Å². The molecule has 0 aliphatic carbocycles. The number of hydrogen-bond acceptors (Lipinski definition) is 5. The predicted molar refractivity (Wildman–Crippen MR) is 90.7 cm³/mol. The van der Waals surface area contributed by atoms with E-state index in [0.29, 0.717) is 23.1 Å². The van der Waals surface area contributed by atoms with Gasteiger partial charge in [-0.2, -0.15) is 10.2 Å². The average molecular weight is 366 g/mol. The van der Waals surface area contributed by atoms with Crippen LogP contribution in [-0.4, -0.2) is 31.9 Å². The van der Waals surface area contributed by atoms with E-state index in [1.807, 2.05) is 20.2 Å². The van der Waals surface area contributed by atoms with E-state index in [0.717, 1.165) is 23.2 Å². The van der Waals surface area contributed by atoms with Gasteiger partial charge in [0.2, 0.25) is 0 Å². The van der Waals surface area contributed by atoms with Crippen LogP contribution in [0.2, 0.25) is 0 Å². The van der Waals surface area contributed by atoms with E-state index in [9.17, 15) is 0 Å². The van der Waals surface area contributed by atoms with Crippen molar-refractivity contribution in [2.75, 3.05) is 6.54 Å². The number of halogens is 1. The van der Waals surface area contributed by atoms with E-state index in [-0.39, 0.29) is 5.84 Å². The van der Waals surface area contributed by atoms with E-state index in [1.54, 1.807) is 21.8 Å². The zero-order valence-electron chi connectivity index (χ0n) is 12.7. The molecule has 0 aliphatic heterocycles. The first-order valence-electron chi connectivity index (χ1n) is 6.92. The Morgan fingerprint density at radius 3 is 2.68 bits per heavy atom. The fraction of sp³-hybridized carbons (Fsp3) is 0.357. The van der Waals surface area contributed by atoms with Gasteiger partial charge in [-0.25, -0.2) is 4.68 Å². The number of aryl methyl sites for hydroxylation is 1. The van der Waals surface area contributed by atoms with Crippen LogP contribution >= 0.6 is 15.9 Å². The van der Waals surface area contributed by atoms with Gasteiger partial charge in [0.1, 0.15) is 0 Å². The molecule has 0 aromatic carbocycles. The minimum absolute atomic E-state index is 0.210. The van der Waals surface area contributed by atoms with Crippen molar-refractivity contribution in [2.45, 2.75) is 19.8 Å². The van der Waals surface area contributed by atoms with Crippen molar-refractivity contribution < 1.29 is 0 Å². The highest BCUT2D eigenvalue weighted by atomic mass is 79.9. The normalized spacial score (nSPS) is 12.4. The highest BCUT2D eigenvalue weighted by molar-refractivity contribution is 9.12. The highest BCUT2D eigenvalue weighted by Crippen LogP contribution is 2.24. The molecule has 2 heterocycles. The molecule has 2 aromatic heterocycles. The number of aromatic nitrogens is 4. The van der Waals surface area contributed by atoms with Crippen molar-refractivity contribution in [3.63, 3.8) is 0 Å². The van der Waals surface area contributed by atoms with Crippen molar-refractivity contribution >= 4 is 21.8 Å². The lowest BCUT2D eigenvalue weighted by Crippen LogP contribution is -2.17. The van der Waals surface area contributed by atoms with Crippen molar-refractivity contribution in [1.82, 2.24) is 19.6 Å². The average Bonchev–Trinajstić information content (AvgIpc) is 3.09. The second kappa shape index (κ2) is 6.89. The molecule has 0 saturated carbocycles. The van der Waals surface area contributed by atoms with Crippen LogP contribution < -0.4 is 11.5 Å². The summed E-state index contributed by atoms with van der Waals surface area (Å²) in [5.41, 5.74) is 14.9. The van der Waals surface area contributed by atoms with Crippen LogP contribution in [0.4, 0.5) is 0 Å². The molecule has 2 aromatic rings. The van der Waals surface area contributed by atoms with Gasteiger partial charge in [0.15, 0.2) is 5.84 Å².